The third-order valence-corrected chi connectivity index (χ3v) is 2.28. The van der Waals surface area contributed by atoms with Gasteiger partial charge in [-0.25, -0.2) is 4.39 Å². The Bertz CT molecular complexity index is 370. The Morgan fingerprint density at radius 2 is 2.27 bits per heavy atom. The van der Waals surface area contributed by atoms with E-state index in [4.69, 9.17) is 10.00 Å². The van der Waals surface area contributed by atoms with E-state index in [9.17, 15) is 4.39 Å². The Morgan fingerprint density at radius 1 is 1.53 bits per heavy atom. The molecule has 0 aliphatic heterocycles. The zero-order valence-corrected chi connectivity index (χ0v) is 8.96. The lowest BCUT2D eigenvalue weighted by Crippen LogP contribution is -2.08. The van der Waals surface area contributed by atoms with E-state index in [2.05, 4.69) is 6.92 Å². The van der Waals surface area contributed by atoms with Crippen molar-refractivity contribution < 1.29 is 9.13 Å². The van der Waals surface area contributed by atoms with Crippen LogP contribution in [0, 0.1) is 23.1 Å². The second-order valence-corrected chi connectivity index (χ2v) is 3.58. The maximum atomic E-state index is 13.3. The molecule has 0 amide bonds. The minimum Gasteiger partial charge on any atom is -0.490 e. The van der Waals surface area contributed by atoms with E-state index >= 15 is 0 Å². The largest absolute Gasteiger partial charge is 0.490 e. The van der Waals surface area contributed by atoms with Gasteiger partial charge in [0, 0.05) is 0 Å². The zero-order valence-electron chi connectivity index (χ0n) is 8.96. The van der Waals surface area contributed by atoms with Crippen molar-refractivity contribution in [2.45, 2.75) is 20.3 Å². The van der Waals surface area contributed by atoms with Gasteiger partial charge in [0.15, 0.2) is 11.6 Å². The fraction of sp³-hybridized carbons (Fsp3) is 0.417. The number of nitriles is 1. The summed E-state index contributed by atoms with van der Waals surface area (Å²) in [4.78, 5) is 0. The van der Waals surface area contributed by atoms with Crippen LogP contribution < -0.4 is 4.74 Å². The van der Waals surface area contributed by atoms with Gasteiger partial charge >= 0.3 is 0 Å². The Hall–Kier alpha value is -1.56. The van der Waals surface area contributed by atoms with Crippen LogP contribution in [0.15, 0.2) is 18.2 Å². The molecule has 0 spiro atoms. The number of hydrogen-bond donors (Lipinski definition) is 0. The van der Waals surface area contributed by atoms with Gasteiger partial charge in [-0.15, -0.1) is 0 Å². The molecule has 80 valence electrons. The molecular weight excluding hydrogens is 193 g/mol. The van der Waals surface area contributed by atoms with Crippen molar-refractivity contribution in [3.63, 3.8) is 0 Å². The molecule has 0 saturated heterocycles. The van der Waals surface area contributed by atoms with E-state index in [1.807, 2.05) is 13.0 Å². The standard InChI is InChI=1S/C12H14FNO/c1-3-9(2)8-15-12-5-4-10(7-14)6-11(12)13/h4-6,9H,3,8H2,1-2H3. The number of rotatable bonds is 4. The number of halogens is 1. The van der Waals surface area contributed by atoms with Crippen molar-refractivity contribution in [2.75, 3.05) is 6.61 Å². The molecule has 15 heavy (non-hydrogen) atoms. The molecule has 1 aromatic carbocycles. The van der Waals surface area contributed by atoms with Gasteiger partial charge in [-0.1, -0.05) is 20.3 Å². The number of nitrogens with zero attached hydrogens (tertiary/aromatic N) is 1. The fourth-order valence-corrected chi connectivity index (χ4v) is 1.04. The van der Waals surface area contributed by atoms with E-state index in [0.29, 0.717) is 18.1 Å². The normalized spacial score (nSPS) is 11.9. The van der Waals surface area contributed by atoms with Crippen LogP contribution in [0.1, 0.15) is 25.8 Å². The summed E-state index contributed by atoms with van der Waals surface area (Å²) in [6, 6.07) is 6.11. The molecule has 0 N–H and O–H groups in total. The van der Waals surface area contributed by atoms with Crippen LogP contribution in [-0.2, 0) is 0 Å². The van der Waals surface area contributed by atoms with Gasteiger partial charge < -0.3 is 4.74 Å². The minimum atomic E-state index is -0.475. The molecule has 1 unspecified atom stereocenters. The summed E-state index contributed by atoms with van der Waals surface area (Å²) in [6.45, 7) is 4.60. The van der Waals surface area contributed by atoms with Gasteiger partial charge in [-0.2, -0.15) is 5.26 Å². The first-order valence-corrected chi connectivity index (χ1v) is 4.99. The van der Waals surface area contributed by atoms with Gasteiger partial charge in [0.1, 0.15) is 0 Å². The van der Waals surface area contributed by atoms with Crippen LogP contribution in [-0.4, -0.2) is 6.61 Å². The molecular formula is C12H14FNO. The van der Waals surface area contributed by atoms with Crippen molar-refractivity contribution in [1.29, 1.82) is 5.26 Å². The highest BCUT2D eigenvalue weighted by Crippen LogP contribution is 2.18. The zero-order chi connectivity index (χ0) is 11.3. The van der Waals surface area contributed by atoms with Crippen molar-refractivity contribution in [3.8, 4) is 11.8 Å². The van der Waals surface area contributed by atoms with Crippen molar-refractivity contribution in [1.82, 2.24) is 0 Å². The maximum Gasteiger partial charge on any atom is 0.166 e. The highest BCUT2D eigenvalue weighted by Gasteiger charge is 2.06. The van der Waals surface area contributed by atoms with Crippen molar-refractivity contribution in [3.05, 3.63) is 29.6 Å². The Morgan fingerprint density at radius 3 is 2.80 bits per heavy atom. The Labute approximate surface area is 89.3 Å². The topological polar surface area (TPSA) is 33.0 Å². The summed E-state index contributed by atoms with van der Waals surface area (Å²) >= 11 is 0. The lowest BCUT2D eigenvalue weighted by atomic mass is 10.1. The average molecular weight is 207 g/mol. The van der Waals surface area contributed by atoms with Gasteiger partial charge in [0.05, 0.1) is 18.2 Å². The molecule has 0 bridgehead atoms. The van der Waals surface area contributed by atoms with Crippen LogP contribution in [0.4, 0.5) is 4.39 Å². The molecule has 0 aliphatic rings. The van der Waals surface area contributed by atoms with Gasteiger partial charge in [-0.05, 0) is 24.1 Å². The van der Waals surface area contributed by atoms with Crippen molar-refractivity contribution >= 4 is 0 Å². The van der Waals surface area contributed by atoms with E-state index < -0.39 is 5.82 Å². The van der Waals surface area contributed by atoms with Crippen LogP contribution in [0.5, 0.6) is 5.75 Å². The number of ether oxygens (including phenoxy) is 1. The van der Waals surface area contributed by atoms with Crippen LogP contribution in [0.25, 0.3) is 0 Å². The molecule has 0 heterocycles. The Kier molecular flexibility index (Phi) is 4.11. The predicted molar refractivity (Wildman–Crippen MR) is 56.1 cm³/mol. The second-order valence-electron chi connectivity index (χ2n) is 3.58. The molecule has 1 aromatic rings. The lowest BCUT2D eigenvalue weighted by Gasteiger charge is -2.11. The first kappa shape index (κ1) is 11.5. The molecule has 1 rings (SSSR count). The predicted octanol–water partition coefficient (Wildman–Crippen LogP) is 3.12. The summed E-state index contributed by atoms with van der Waals surface area (Å²) < 4.78 is 18.6. The second kappa shape index (κ2) is 5.35. The highest BCUT2D eigenvalue weighted by atomic mass is 19.1. The SMILES string of the molecule is CCC(C)COc1ccc(C#N)cc1F. The minimum absolute atomic E-state index is 0.217. The smallest absolute Gasteiger partial charge is 0.166 e. The molecule has 1 atom stereocenters. The molecule has 0 fully saturated rings. The van der Waals surface area contributed by atoms with Gasteiger partial charge in [-0.3, -0.25) is 0 Å². The number of benzene rings is 1. The van der Waals surface area contributed by atoms with Gasteiger partial charge in [0.25, 0.3) is 0 Å². The molecule has 0 radical (unpaired) electrons. The summed E-state index contributed by atoms with van der Waals surface area (Å²) in [6.07, 6.45) is 0.998. The summed E-state index contributed by atoms with van der Waals surface area (Å²) in [5.41, 5.74) is 0.309. The van der Waals surface area contributed by atoms with E-state index in [1.54, 1.807) is 6.07 Å². The Balaban J connectivity index is 2.67. The lowest BCUT2D eigenvalue weighted by molar-refractivity contribution is 0.246. The number of hydrogen-bond acceptors (Lipinski definition) is 2. The molecule has 3 heteroatoms. The maximum absolute atomic E-state index is 13.3. The first-order valence-electron chi connectivity index (χ1n) is 4.99. The molecule has 0 aliphatic carbocycles. The van der Waals surface area contributed by atoms with Gasteiger partial charge in [0.2, 0.25) is 0 Å². The van der Waals surface area contributed by atoms with Crippen molar-refractivity contribution in [2.24, 2.45) is 5.92 Å². The third-order valence-electron chi connectivity index (χ3n) is 2.28. The van der Waals surface area contributed by atoms with Crippen LogP contribution in [0.3, 0.4) is 0 Å². The first-order chi connectivity index (χ1) is 7.17. The molecule has 0 aromatic heterocycles. The quantitative estimate of drug-likeness (QED) is 0.759. The van der Waals surface area contributed by atoms with Crippen LogP contribution >= 0.6 is 0 Å². The fourth-order valence-electron chi connectivity index (χ4n) is 1.04. The van der Waals surface area contributed by atoms with E-state index in [1.165, 1.54) is 12.1 Å². The highest BCUT2D eigenvalue weighted by molar-refractivity contribution is 5.35. The van der Waals surface area contributed by atoms with E-state index in [0.717, 1.165) is 6.42 Å². The molecule has 0 saturated carbocycles. The van der Waals surface area contributed by atoms with Crippen LogP contribution in [0.2, 0.25) is 0 Å². The third kappa shape index (κ3) is 3.25. The average Bonchev–Trinajstić information content (AvgIpc) is 2.26. The summed E-state index contributed by atoms with van der Waals surface area (Å²) in [7, 11) is 0. The monoisotopic (exact) mass is 207 g/mol. The summed E-state index contributed by atoms with van der Waals surface area (Å²) in [5, 5.41) is 8.55. The molecule has 2 nitrogen and oxygen atoms in total. The summed E-state index contributed by atoms with van der Waals surface area (Å²) in [5.74, 6) is 0.145. The van der Waals surface area contributed by atoms with E-state index in [-0.39, 0.29) is 5.75 Å².